The Morgan fingerprint density at radius 2 is 2.15 bits per heavy atom. The number of carbonyl (C=O) groups excluding carboxylic acids is 1. The average Bonchev–Trinajstić information content (AvgIpc) is 3.27. The van der Waals surface area contributed by atoms with E-state index in [-0.39, 0.29) is 11.3 Å². The third kappa shape index (κ3) is 2.63. The van der Waals surface area contributed by atoms with Gasteiger partial charge in [-0.3, -0.25) is 4.79 Å². The van der Waals surface area contributed by atoms with Crippen molar-refractivity contribution in [2.24, 2.45) is 11.3 Å². The van der Waals surface area contributed by atoms with Crippen molar-refractivity contribution in [2.75, 3.05) is 6.61 Å². The average molecular weight is 386 g/mol. The molecule has 1 amide bonds. The lowest BCUT2D eigenvalue weighted by molar-refractivity contribution is -0.172. The summed E-state index contributed by atoms with van der Waals surface area (Å²) >= 11 is 3.52. The molecule has 26 heavy (non-hydrogen) atoms. The molecule has 136 valence electrons. The van der Waals surface area contributed by atoms with Gasteiger partial charge >= 0.3 is 0 Å². The lowest BCUT2D eigenvalue weighted by atomic mass is 9.46. The van der Waals surface area contributed by atoms with E-state index < -0.39 is 0 Å². The number of thiophene rings is 1. The van der Waals surface area contributed by atoms with Gasteiger partial charge in [-0.2, -0.15) is 0 Å². The van der Waals surface area contributed by atoms with E-state index in [4.69, 9.17) is 4.74 Å². The zero-order valence-corrected chi connectivity index (χ0v) is 16.3. The first-order valence-corrected chi connectivity index (χ1v) is 11.3. The van der Waals surface area contributed by atoms with Crippen LogP contribution in [0.15, 0.2) is 46.7 Å². The van der Waals surface area contributed by atoms with E-state index in [1.54, 1.807) is 23.1 Å². The van der Waals surface area contributed by atoms with Crippen LogP contribution in [0, 0.1) is 11.3 Å². The SMILES string of the molecule is O=C(N[C@@H]1[C@@H]2CCO[C@H]2C12CCC2)c1ccccc1SCc1cccs1. The zero-order valence-electron chi connectivity index (χ0n) is 14.6. The molecule has 2 aromatic rings. The van der Waals surface area contributed by atoms with Crippen LogP contribution in [-0.4, -0.2) is 24.7 Å². The molecule has 3 aliphatic rings. The second-order valence-electron chi connectivity index (χ2n) is 7.65. The Morgan fingerprint density at radius 1 is 1.27 bits per heavy atom. The van der Waals surface area contributed by atoms with E-state index >= 15 is 0 Å². The van der Waals surface area contributed by atoms with Gasteiger partial charge < -0.3 is 10.1 Å². The second kappa shape index (κ2) is 6.70. The molecule has 0 radical (unpaired) electrons. The molecule has 1 aliphatic heterocycles. The third-order valence-electron chi connectivity index (χ3n) is 6.40. The van der Waals surface area contributed by atoms with Gasteiger partial charge in [0.25, 0.3) is 5.91 Å². The maximum absolute atomic E-state index is 13.1. The number of hydrogen-bond donors (Lipinski definition) is 1. The fourth-order valence-electron chi connectivity index (χ4n) is 5.00. The minimum Gasteiger partial charge on any atom is -0.377 e. The smallest absolute Gasteiger partial charge is 0.252 e. The minimum atomic E-state index is 0.0842. The summed E-state index contributed by atoms with van der Waals surface area (Å²) in [4.78, 5) is 15.5. The topological polar surface area (TPSA) is 38.3 Å². The van der Waals surface area contributed by atoms with Crippen LogP contribution in [0.4, 0.5) is 0 Å². The second-order valence-corrected chi connectivity index (χ2v) is 9.70. The van der Waals surface area contributed by atoms with Crippen LogP contribution in [0.25, 0.3) is 0 Å². The molecule has 0 unspecified atom stereocenters. The predicted octanol–water partition coefficient (Wildman–Crippen LogP) is 4.73. The molecule has 2 heterocycles. The van der Waals surface area contributed by atoms with Gasteiger partial charge in [-0.15, -0.1) is 23.1 Å². The van der Waals surface area contributed by atoms with E-state index in [9.17, 15) is 4.79 Å². The van der Waals surface area contributed by atoms with Gasteiger partial charge in [0, 0.05) is 39.5 Å². The van der Waals surface area contributed by atoms with Crippen molar-refractivity contribution in [1.82, 2.24) is 5.32 Å². The first-order valence-electron chi connectivity index (χ1n) is 9.45. The predicted molar refractivity (Wildman–Crippen MR) is 106 cm³/mol. The monoisotopic (exact) mass is 385 g/mol. The van der Waals surface area contributed by atoms with Gasteiger partial charge in [-0.25, -0.2) is 0 Å². The van der Waals surface area contributed by atoms with Crippen LogP contribution in [0.1, 0.15) is 40.9 Å². The fraction of sp³-hybridized carbons (Fsp3) is 0.476. The molecule has 3 fully saturated rings. The number of ether oxygens (including phenoxy) is 1. The lowest BCUT2D eigenvalue weighted by Crippen LogP contribution is -2.71. The molecule has 3 nitrogen and oxygen atoms in total. The van der Waals surface area contributed by atoms with E-state index in [1.807, 2.05) is 18.2 Å². The van der Waals surface area contributed by atoms with Gasteiger partial charge in [0.1, 0.15) is 0 Å². The van der Waals surface area contributed by atoms with Gasteiger partial charge in [0.15, 0.2) is 0 Å². The molecule has 5 heteroatoms. The molecule has 1 N–H and O–H groups in total. The Balaban J connectivity index is 1.31. The summed E-state index contributed by atoms with van der Waals surface area (Å²) in [6, 6.07) is 12.5. The number of nitrogens with one attached hydrogen (secondary N) is 1. The van der Waals surface area contributed by atoms with Crippen LogP contribution in [0.3, 0.4) is 0 Å². The van der Waals surface area contributed by atoms with E-state index in [1.165, 1.54) is 24.1 Å². The Hall–Kier alpha value is -1.30. The Bertz CT molecular complexity index is 800. The van der Waals surface area contributed by atoms with Gasteiger partial charge in [-0.1, -0.05) is 24.6 Å². The summed E-state index contributed by atoms with van der Waals surface area (Å²) in [6.45, 7) is 0.858. The van der Waals surface area contributed by atoms with Crippen molar-refractivity contribution >= 4 is 29.0 Å². The first kappa shape index (κ1) is 16.8. The number of benzene rings is 1. The molecule has 2 saturated carbocycles. The molecule has 2 aliphatic carbocycles. The summed E-state index contributed by atoms with van der Waals surface area (Å²) in [7, 11) is 0. The molecular formula is C21H23NO2S2. The van der Waals surface area contributed by atoms with Crippen molar-refractivity contribution < 1.29 is 9.53 Å². The normalized spacial score (nSPS) is 28.2. The summed E-state index contributed by atoms with van der Waals surface area (Å²) in [5, 5.41) is 5.50. The van der Waals surface area contributed by atoms with Gasteiger partial charge in [0.05, 0.1) is 11.7 Å². The number of hydrogen-bond acceptors (Lipinski definition) is 4. The van der Waals surface area contributed by atoms with E-state index in [2.05, 4.69) is 28.9 Å². The molecule has 1 saturated heterocycles. The number of thioether (sulfide) groups is 1. The largest absolute Gasteiger partial charge is 0.377 e. The molecule has 1 aromatic heterocycles. The van der Waals surface area contributed by atoms with Crippen molar-refractivity contribution in [3.05, 3.63) is 52.2 Å². The van der Waals surface area contributed by atoms with E-state index in [0.717, 1.165) is 29.2 Å². The molecule has 5 rings (SSSR count). The van der Waals surface area contributed by atoms with Crippen LogP contribution in [0.5, 0.6) is 0 Å². The first-order chi connectivity index (χ1) is 12.8. The van der Waals surface area contributed by atoms with Crippen molar-refractivity contribution in [1.29, 1.82) is 0 Å². The quantitative estimate of drug-likeness (QED) is 0.757. The zero-order chi connectivity index (χ0) is 17.6. The van der Waals surface area contributed by atoms with Crippen LogP contribution < -0.4 is 5.32 Å². The highest BCUT2D eigenvalue weighted by Gasteiger charge is 2.66. The van der Waals surface area contributed by atoms with Crippen molar-refractivity contribution in [3.63, 3.8) is 0 Å². The van der Waals surface area contributed by atoms with Crippen molar-refractivity contribution in [2.45, 2.75) is 48.5 Å². The van der Waals surface area contributed by atoms with Crippen LogP contribution >= 0.6 is 23.1 Å². The minimum absolute atomic E-state index is 0.0842. The number of carbonyl (C=O) groups is 1. The molecule has 1 aromatic carbocycles. The summed E-state index contributed by atoms with van der Waals surface area (Å²) in [5.74, 6) is 1.51. The number of fused-ring (bicyclic) bond motifs is 2. The Morgan fingerprint density at radius 3 is 2.92 bits per heavy atom. The highest BCUT2D eigenvalue weighted by atomic mass is 32.2. The van der Waals surface area contributed by atoms with Crippen LogP contribution in [-0.2, 0) is 10.5 Å². The van der Waals surface area contributed by atoms with Gasteiger partial charge in [0.2, 0.25) is 0 Å². The molecule has 1 spiro atoms. The standard InChI is InChI=1S/C21H23NO2S2/c23-20(22-18-16-8-11-24-19(16)21(18)9-4-10-21)15-6-1-2-7-17(15)26-13-14-5-3-12-25-14/h1-3,5-7,12,16,18-19H,4,8-11,13H2,(H,22,23)/t16-,18+,19+/m0/s1. The maximum atomic E-state index is 13.1. The fourth-order valence-corrected chi connectivity index (χ4v) is 6.82. The highest BCUT2D eigenvalue weighted by Crippen LogP contribution is 2.62. The summed E-state index contributed by atoms with van der Waals surface area (Å²) < 4.78 is 5.98. The lowest BCUT2D eigenvalue weighted by Gasteiger charge is -2.63. The molecular weight excluding hydrogens is 362 g/mol. The maximum Gasteiger partial charge on any atom is 0.252 e. The summed E-state index contributed by atoms with van der Waals surface area (Å²) in [6.07, 6.45) is 5.16. The van der Waals surface area contributed by atoms with E-state index in [0.29, 0.717) is 18.1 Å². The highest BCUT2D eigenvalue weighted by molar-refractivity contribution is 7.98. The Kier molecular flexibility index (Phi) is 4.34. The molecule has 3 atom stereocenters. The van der Waals surface area contributed by atoms with Crippen molar-refractivity contribution in [3.8, 4) is 0 Å². The molecule has 0 bridgehead atoms. The summed E-state index contributed by atoms with van der Waals surface area (Å²) in [5.41, 5.74) is 1.04. The number of rotatable bonds is 5. The van der Waals surface area contributed by atoms with Gasteiger partial charge in [-0.05, 0) is 42.8 Å². The van der Waals surface area contributed by atoms with Crippen LogP contribution in [0.2, 0.25) is 0 Å². The third-order valence-corrected chi connectivity index (χ3v) is 8.59. The Labute approximate surface area is 162 Å². The number of amides is 1.